The van der Waals surface area contributed by atoms with Crippen molar-refractivity contribution in [2.24, 2.45) is 0 Å². The minimum absolute atomic E-state index is 0.115. The minimum Gasteiger partial charge on any atom is -0.345 e. The predicted molar refractivity (Wildman–Crippen MR) is 122 cm³/mol. The van der Waals surface area contributed by atoms with Crippen molar-refractivity contribution < 1.29 is 4.79 Å². The molecule has 0 N–H and O–H groups in total. The number of thiophene rings is 1. The number of nitrogens with zero attached hydrogens (tertiary/aromatic N) is 3. The predicted octanol–water partition coefficient (Wildman–Crippen LogP) is 5.94. The van der Waals surface area contributed by atoms with Crippen LogP contribution in [-0.2, 0) is 6.54 Å². The number of benzene rings is 1. The number of hydrogen-bond acceptors (Lipinski definition) is 5. The van der Waals surface area contributed by atoms with Crippen molar-refractivity contribution in [2.45, 2.75) is 25.4 Å². The number of fused-ring (bicyclic) bond motifs is 1. The van der Waals surface area contributed by atoms with Crippen molar-refractivity contribution in [1.29, 1.82) is 0 Å². The van der Waals surface area contributed by atoms with Gasteiger partial charge >= 0.3 is 0 Å². The molecule has 1 aromatic carbocycles. The number of carbonyl (C=O) groups is 1. The summed E-state index contributed by atoms with van der Waals surface area (Å²) < 4.78 is 2.11. The van der Waals surface area contributed by atoms with E-state index in [1.54, 1.807) is 17.7 Å². The fourth-order valence-corrected chi connectivity index (χ4v) is 5.32. The Morgan fingerprint density at radius 2 is 2.00 bits per heavy atom. The van der Waals surface area contributed by atoms with Gasteiger partial charge in [-0.25, -0.2) is 9.97 Å². The minimum atomic E-state index is 0.115. The van der Waals surface area contributed by atoms with Gasteiger partial charge < -0.3 is 4.57 Å². The van der Waals surface area contributed by atoms with Crippen molar-refractivity contribution in [3.05, 3.63) is 78.4 Å². The molecule has 0 radical (unpaired) electrons. The highest BCUT2D eigenvalue weighted by molar-refractivity contribution is 8.00. The topological polar surface area (TPSA) is 47.8 Å². The van der Waals surface area contributed by atoms with E-state index in [1.807, 2.05) is 44.2 Å². The fraction of sp³-hybridized carbons (Fsp3) is 0.174. The smallest absolute Gasteiger partial charge is 0.174 e. The second kappa shape index (κ2) is 8.35. The third-order valence-corrected chi connectivity index (χ3v) is 6.97. The van der Waals surface area contributed by atoms with Crippen LogP contribution in [0.5, 0.6) is 0 Å². The van der Waals surface area contributed by atoms with Crippen LogP contribution < -0.4 is 0 Å². The summed E-state index contributed by atoms with van der Waals surface area (Å²) in [6.07, 6.45) is 3.43. The van der Waals surface area contributed by atoms with Gasteiger partial charge in [-0.3, -0.25) is 4.79 Å². The Balaban J connectivity index is 1.57. The number of hydrogen-bond donors (Lipinski definition) is 0. The number of Topliss-reactive ketones (excluding diaryl/α,β-unsaturated/α-hetero) is 1. The summed E-state index contributed by atoms with van der Waals surface area (Å²) in [6, 6.07) is 14.3. The number of aromatic nitrogens is 3. The zero-order valence-corrected chi connectivity index (χ0v) is 18.0. The Labute approximate surface area is 178 Å². The summed E-state index contributed by atoms with van der Waals surface area (Å²) in [7, 11) is 0. The number of carbonyl (C=O) groups excluding carboxylic acids is 1. The summed E-state index contributed by atoms with van der Waals surface area (Å²) in [5.74, 6) is 0.463. The van der Waals surface area contributed by atoms with Gasteiger partial charge in [0.2, 0.25) is 0 Å². The molecular formula is C23H21N3OS2. The van der Waals surface area contributed by atoms with E-state index in [2.05, 4.69) is 39.3 Å². The van der Waals surface area contributed by atoms with Crippen molar-refractivity contribution in [2.75, 3.05) is 5.75 Å². The molecule has 0 bridgehead atoms. The van der Waals surface area contributed by atoms with Crippen LogP contribution in [0.1, 0.15) is 21.7 Å². The van der Waals surface area contributed by atoms with Crippen LogP contribution in [0.3, 0.4) is 0 Å². The van der Waals surface area contributed by atoms with Crippen molar-refractivity contribution in [3.63, 3.8) is 0 Å². The van der Waals surface area contributed by atoms with Crippen LogP contribution >= 0.6 is 23.1 Å². The molecule has 0 fully saturated rings. The molecule has 3 heterocycles. The normalized spacial score (nSPS) is 11.1. The number of ketones is 1. The molecule has 4 nitrogen and oxygen atoms in total. The number of rotatable bonds is 7. The largest absolute Gasteiger partial charge is 0.345 e. The average molecular weight is 420 g/mol. The van der Waals surface area contributed by atoms with Crippen molar-refractivity contribution in [1.82, 2.24) is 14.5 Å². The van der Waals surface area contributed by atoms with E-state index in [9.17, 15) is 4.79 Å². The Hall–Kier alpha value is -2.70. The molecular weight excluding hydrogens is 398 g/mol. The van der Waals surface area contributed by atoms with Gasteiger partial charge in [0, 0.05) is 33.8 Å². The van der Waals surface area contributed by atoms with Gasteiger partial charge in [-0.05, 0) is 31.5 Å². The molecule has 4 aromatic rings. The maximum absolute atomic E-state index is 12.9. The molecule has 3 aromatic heterocycles. The zero-order valence-electron chi connectivity index (χ0n) is 16.4. The van der Waals surface area contributed by atoms with Crippen LogP contribution in [-0.4, -0.2) is 26.1 Å². The Bertz CT molecular complexity index is 1190. The van der Waals surface area contributed by atoms with Gasteiger partial charge in [-0.2, -0.15) is 0 Å². The number of allylic oxidation sites excluding steroid dienone is 1. The Morgan fingerprint density at radius 1 is 1.21 bits per heavy atom. The highest BCUT2D eigenvalue weighted by Gasteiger charge is 2.17. The van der Waals surface area contributed by atoms with Crippen LogP contribution in [0.2, 0.25) is 0 Å². The lowest BCUT2D eigenvalue weighted by Gasteiger charge is -2.06. The molecule has 0 amide bonds. The standard InChI is InChI=1S/C23H21N3OS2/c1-4-10-26-15(2)11-18(16(26)3)20(27)13-28-22-19-12-21(17-8-6-5-7-9-17)29-23(19)25-14-24-22/h4-9,11-12,14H,1,10,13H2,2-3H3. The molecule has 0 saturated carbocycles. The number of aryl methyl sites for hydroxylation is 1. The first-order chi connectivity index (χ1) is 14.1. The highest BCUT2D eigenvalue weighted by atomic mass is 32.2. The molecule has 146 valence electrons. The van der Waals surface area contributed by atoms with Gasteiger partial charge in [0.05, 0.1) is 5.75 Å². The van der Waals surface area contributed by atoms with Gasteiger partial charge in [0.1, 0.15) is 16.2 Å². The van der Waals surface area contributed by atoms with Gasteiger partial charge in [0.25, 0.3) is 0 Å². The molecule has 0 aliphatic carbocycles. The lowest BCUT2D eigenvalue weighted by Crippen LogP contribution is -2.06. The van der Waals surface area contributed by atoms with E-state index >= 15 is 0 Å². The SMILES string of the molecule is C=CCn1c(C)cc(C(=O)CSc2ncnc3sc(-c4ccccc4)cc23)c1C. The molecule has 4 rings (SSSR count). The van der Waals surface area contributed by atoms with Crippen LogP contribution in [0.25, 0.3) is 20.7 Å². The summed E-state index contributed by atoms with van der Waals surface area (Å²) in [4.78, 5) is 23.8. The molecule has 0 atom stereocenters. The van der Waals surface area contributed by atoms with E-state index < -0.39 is 0 Å². The molecule has 29 heavy (non-hydrogen) atoms. The van der Waals surface area contributed by atoms with E-state index in [0.717, 1.165) is 42.6 Å². The summed E-state index contributed by atoms with van der Waals surface area (Å²) >= 11 is 3.12. The second-order valence-electron chi connectivity index (χ2n) is 6.77. The number of thioether (sulfide) groups is 1. The van der Waals surface area contributed by atoms with Crippen molar-refractivity contribution in [3.8, 4) is 10.4 Å². The van der Waals surface area contributed by atoms with E-state index in [-0.39, 0.29) is 5.78 Å². The molecule has 0 spiro atoms. The summed E-state index contributed by atoms with van der Waals surface area (Å²) in [6.45, 7) is 8.52. The van der Waals surface area contributed by atoms with Gasteiger partial charge in [0.15, 0.2) is 5.78 Å². The van der Waals surface area contributed by atoms with E-state index in [0.29, 0.717) is 12.3 Å². The molecule has 0 unspecified atom stereocenters. The zero-order chi connectivity index (χ0) is 20.4. The Morgan fingerprint density at radius 3 is 2.76 bits per heavy atom. The fourth-order valence-electron chi connectivity index (χ4n) is 3.40. The molecule has 0 saturated heterocycles. The maximum atomic E-state index is 12.9. The molecule has 0 aliphatic heterocycles. The lowest BCUT2D eigenvalue weighted by molar-refractivity contribution is 0.102. The maximum Gasteiger partial charge on any atom is 0.174 e. The third-order valence-electron chi connectivity index (χ3n) is 4.88. The lowest BCUT2D eigenvalue weighted by atomic mass is 10.2. The van der Waals surface area contributed by atoms with Crippen LogP contribution in [0.15, 0.2) is 66.5 Å². The summed E-state index contributed by atoms with van der Waals surface area (Å²) in [5.41, 5.74) is 4.00. The summed E-state index contributed by atoms with van der Waals surface area (Å²) in [5, 5.41) is 1.85. The first-order valence-corrected chi connectivity index (χ1v) is 11.1. The third kappa shape index (κ3) is 3.91. The van der Waals surface area contributed by atoms with E-state index in [4.69, 9.17) is 0 Å². The monoisotopic (exact) mass is 419 g/mol. The van der Waals surface area contributed by atoms with Crippen LogP contribution in [0.4, 0.5) is 0 Å². The molecule has 6 heteroatoms. The second-order valence-corrected chi connectivity index (χ2v) is 8.76. The Kier molecular flexibility index (Phi) is 5.65. The average Bonchev–Trinajstić information content (AvgIpc) is 3.30. The molecule has 0 aliphatic rings. The highest BCUT2D eigenvalue weighted by Crippen LogP contribution is 2.36. The van der Waals surface area contributed by atoms with E-state index in [1.165, 1.54) is 11.8 Å². The van der Waals surface area contributed by atoms with Crippen molar-refractivity contribution >= 4 is 39.1 Å². The van der Waals surface area contributed by atoms with Gasteiger partial charge in [-0.1, -0.05) is 48.2 Å². The first-order valence-electron chi connectivity index (χ1n) is 9.32. The van der Waals surface area contributed by atoms with Gasteiger partial charge in [-0.15, -0.1) is 17.9 Å². The first kappa shape index (κ1) is 19.6. The van der Waals surface area contributed by atoms with Crippen LogP contribution in [0, 0.1) is 13.8 Å². The quantitative estimate of drug-likeness (QED) is 0.161.